The van der Waals surface area contributed by atoms with E-state index in [1.807, 2.05) is 38.8 Å². The molecule has 1 atom stereocenters. The minimum atomic E-state index is -0.453. The Kier molecular flexibility index (Phi) is 5.01. The van der Waals surface area contributed by atoms with Crippen LogP contribution >= 0.6 is 0 Å². The van der Waals surface area contributed by atoms with Crippen molar-refractivity contribution in [2.24, 2.45) is 13.0 Å². The van der Waals surface area contributed by atoms with Crippen molar-refractivity contribution in [1.29, 1.82) is 0 Å². The van der Waals surface area contributed by atoms with Gasteiger partial charge < -0.3 is 10.2 Å². The molecule has 3 amide bonds. The Morgan fingerprint density at radius 3 is 2.64 bits per heavy atom. The lowest BCUT2D eigenvalue weighted by Gasteiger charge is -2.35. The van der Waals surface area contributed by atoms with E-state index in [2.05, 4.69) is 10.4 Å². The van der Waals surface area contributed by atoms with Gasteiger partial charge in [-0.15, -0.1) is 0 Å². The normalized spacial score (nSPS) is 20.9. The maximum absolute atomic E-state index is 12.7. The fourth-order valence-electron chi connectivity index (χ4n) is 3.60. The zero-order valence-corrected chi connectivity index (χ0v) is 15.7. The highest BCUT2D eigenvalue weighted by molar-refractivity contribution is 6.00. The van der Waals surface area contributed by atoms with Gasteiger partial charge in [-0.05, 0) is 46.0 Å². The van der Waals surface area contributed by atoms with Gasteiger partial charge in [0.25, 0.3) is 5.91 Å². The van der Waals surface area contributed by atoms with E-state index in [4.69, 9.17) is 0 Å². The van der Waals surface area contributed by atoms with Crippen LogP contribution in [0.2, 0.25) is 0 Å². The molecule has 0 unspecified atom stereocenters. The van der Waals surface area contributed by atoms with Gasteiger partial charge in [-0.3, -0.25) is 14.4 Å². The van der Waals surface area contributed by atoms with E-state index in [-0.39, 0.29) is 18.0 Å². The Hall–Kier alpha value is -2.05. The van der Waals surface area contributed by atoms with Crippen LogP contribution in [0.15, 0.2) is 6.07 Å². The molecule has 2 heterocycles. The lowest BCUT2D eigenvalue weighted by atomic mass is 9.85. The molecule has 1 aromatic rings. The van der Waals surface area contributed by atoms with E-state index < -0.39 is 6.04 Å². The molecule has 0 bridgehead atoms. The number of urea groups is 1. The third-order valence-corrected chi connectivity index (χ3v) is 5.32. The fourth-order valence-corrected chi connectivity index (χ4v) is 3.60. The highest BCUT2D eigenvalue weighted by atomic mass is 16.2. The van der Waals surface area contributed by atoms with Gasteiger partial charge in [0, 0.05) is 32.2 Å². The summed E-state index contributed by atoms with van der Waals surface area (Å²) in [5, 5.41) is 7.26. The van der Waals surface area contributed by atoms with E-state index in [9.17, 15) is 9.59 Å². The van der Waals surface area contributed by atoms with E-state index in [1.54, 1.807) is 9.58 Å². The SMILES string of the molecule is Cc1cc(N2CC[C@@H](NC(=O)N(CC3CCC3)C(C)C)C2=O)n(C)n1. The summed E-state index contributed by atoms with van der Waals surface area (Å²) in [6, 6.07) is 1.46. The molecule has 7 nitrogen and oxygen atoms in total. The van der Waals surface area contributed by atoms with Gasteiger partial charge in [0.05, 0.1) is 5.69 Å². The number of hydrogen-bond donors (Lipinski definition) is 1. The molecule has 0 radical (unpaired) electrons. The van der Waals surface area contributed by atoms with Crippen molar-refractivity contribution in [3.63, 3.8) is 0 Å². The predicted molar refractivity (Wildman–Crippen MR) is 96.4 cm³/mol. The van der Waals surface area contributed by atoms with Crippen molar-refractivity contribution in [3.05, 3.63) is 11.8 Å². The zero-order valence-electron chi connectivity index (χ0n) is 15.7. The molecular formula is C18H29N5O2. The Balaban J connectivity index is 1.63. The van der Waals surface area contributed by atoms with Gasteiger partial charge in [-0.1, -0.05) is 6.42 Å². The number of amides is 3. The van der Waals surface area contributed by atoms with Crippen molar-refractivity contribution in [1.82, 2.24) is 20.0 Å². The number of anilines is 1. The molecule has 1 saturated carbocycles. The molecule has 1 N–H and O–H groups in total. The number of rotatable bonds is 5. The number of hydrogen-bond acceptors (Lipinski definition) is 3. The molecule has 25 heavy (non-hydrogen) atoms. The third-order valence-electron chi connectivity index (χ3n) is 5.32. The zero-order chi connectivity index (χ0) is 18.1. The number of aryl methyl sites for hydroxylation is 2. The first-order valence-electron chi connectivity index (χ1n) is 9.26. The quantitative estimate of drug-likeness (QED) is 0.886. The van der Waals surface area contributed by atoms with E-state index in [0.717, 1.165) is 18.1 Å². The maximum Gasteiger partial charge on any atom is 0.318 e. The van der Waals surface area contributed by atoms with Gasteiger partial charge >= 0.3 is 6.03 Å². The van der Waals surface area contributed by atoms with Crippen LogP contribution in [-0.2, 0) is 11.8 Å². The molecule has 1 aromatic heterocycles. The molecule has 1 saturated heterocycles. The van der Waals surface area contributed by atoms with Crippen molar-refractivity contribution in [2.45, 2.75) is 58.5 Å². The van der Waals surface area contributed by atoms with Crippen LogP contribution in [0.5, 0.6) is 0 Å². The molecule has 1 aliphatic heterocycles. The smallest absolute Gasteiger partial charge is 0.318 e. The second-order valence-corrected chi connectivity index (χ2v) is 7.59. The topological polar surface area (TPSA) is 70.5 Å². The number of nitrogens with zero attached hydrogens (tertiary/aromatic N) is 4. The van der Waals surface area contributed by atoms with Crippen LogP contribution < -0.4 is 10.2 Å². The Morgan fingerprint density at radius 2 is 2.12 bits per heavy atom. The summed E-state index contributed by atoms with van der Waals surface area (Å²) in [5.41, 5.74) is 0.879. The van der Waals surface area contributed by atoms with Crippen molar-refractivity contribution < 1.29 is 9.59 Å². The monoisotopic (exact) mass is 347 g/mol. The first kappa shape index (κ1) is 17.8. The van der Waals surface area contributed by atoms with Crippen LogP contribution in [0.25, 0.3) is 0 Å². The Bertz CT molecular complexity index is 650. The van der Waals surface area contributed by atoms with E-state index in [0.29, 0.717) is 18.9 Å². The van der Waals surface area contributed by atoms with Gasteiger partial charge in [0.15, 0.2) is 0 Å². The van der Waals surface area contributed by atoms with Gasteiger partial charge in [-0.2, -0.15) is 5.10 Å². The molecule has 3 rings (SSSR count). The number of carbonyl (C=O) groups excluding carboxylic acids is 2. The highest BCUT2D eigenvalue weighted by Gasteiger charge is 2.36. The molecular weight excluding hydrogens is 318 g/mol. The standard InChI is InChI=1S/C18H29N5O2/c1-12(2)23(11-14-6-5-7-14)18(25)19-15-8-9-22(17(15)24)16-10-13(3)20-21(16)4/h10,12,14-15H,5-9,11H2,1-4H3,(H,19,25)/t15-/m1/s1. The molecule has 138 valence electrons. The number of carbonyl (C=O) groups is 2. The van der Waals surface area contributed by atoms with Gasteiger partial charge in [0.1, 0.15) is 11.9 Å². The Morgan fingerprint density at radius 1 is 1.40 bits per heavy atom. The Labute approximate surface area is 149 Å². The lowest BCUT2D eigenvalue weighted by Crippen LogP contribution is -2.51. The van der Waals surface area contributed by atoms with E-state index >= 15 is 0 Å². The summed E-state index contributed by atoms with van der Waals surface area (Å²) in [5.74, 6) is 1.35. The van der Waals surface area contributed by atoms with Crippen molar-refractivity contribution >= 4 is 17.8 Å². The first-order chi connectivity index (χ1) is 11.9. The van der Waals surface area contributed by atoms with Crippen LogP contribution in [0.1, 0.15) is 45.2 Å². The van der Waals surface area contributed by atoms with Crippen molar-refractivity contribution in [2.75, 3.05) is 18.0 Å². The van der Waals surface area contributed by atoms with E-state index in [1.165, 1.54) is 19.3 Å². The summed E-state index contributed by atoms with van der Waals surface area (Å²) in [7, 11) is 1.83. The number of aromatic nitrogens is 2. The van der Waals surface area contributed by atoms with Crippen LogP contribution in [0.4, 0.5) is 10.6 Å². The minimum absolute atomic E-state index is 0.0521. The largest absolute Gasteiger partial charge is 0.326 e. The van der Waals surface area contributed by atoms with Crippen LogP contribution in [0, 0.1) is 12.8 Å². The third kappa shape index (κ3) is 3.65. The average molecular weight is 347 g/mol. The molecule has 1 aliphatic carbocycles. The van der Waals surface area contributed by atoms with Gasteiger partial charge in [-0.25, -0.2) is 4.79 Å². The minimum Gasteiger partial charge on any atom is -0.326 e. The highest BCUT2D eigenvalue weighted by Crippen LogP contribution is 2.28. The second kappa shape index (κ2) is 7.06. The van der Waals surface area contributed by atoms with Crippen LogP contribution in [-0.4, -0.2) is 51.8 Å². The molecule has 7 heteroatoms. The molecule has 2 aliphatic rings. The predicted octanol–water partition coefficient (Wildman–Crippen LogP) is 2.05. The summed E-state index contributed by atoms with van der Waals surface area (Å²) < 4.78 is 1.72. The second-order valence-electron chi connectivity index (χ2n) is 7.59. The molecule has 0 spiro atoms. The molecule has 2 fully saturated rings. The van der Waals surface area contributed by atoms with Crippen molar-refractivity contribution in [3.8, 4) is 0 Å². The fraction of sp³-hybridized carbons (Fsp3) is 0.722. The summed E-state index contributed by atoms with van der Waals surface area (Å²) in [6.45, 7) is 7.35. The first-order valence-corrected chi connectivity index (χ1v) is 9.26. The number of nitrogens with one attached hydrogen (secondary N) is 1. The molecule has 0 aromatic carbocycles. The van der Waals surface area contributed by atoms with Gasteiger partial charge in [0.2, 0.25) is 0 Å². The summed E-state index contributed by atoms with van der Waals surface area (Å²) >= 11 is 0. The average Bonchev–Trinajstić information content (AvgIpc) is 3.00. The lowest BCUT2D eigenvalue weighted by molar-refractivity contribution is -0.118. The van der Waals surface area contributed by atoms with Crippen LogP contribution in [0.3, 0.4) is 0 Å². The summed E-state index contributed by atoms with van der Waals surface area (Å²) in [4.78, 5) is 29.0. The summed E-state index contributed by atoms with van der Waals surface area (Å²) in [6.07, 6.45) is 4.29. The maximum atomic E-state index is 12.7.